The first-order valence-corrected chi connectivity index (χ1v) is 4.83. The Morgan fingerprint density at radius 3 is 2.75 bits per heavy atom. The van der Waals surface area contributed by atoms with Crippen LogP contribution in [-0.4, -0.2) is 30.9 Å². The molecule has 0 aliphatic carbocycles. The summed E-state index contributed by atoms with van der Waals surface area (Å²) in [6.07, 6.45) is -0.136. The van der Waals surface area contributed by atoms with Crippen LogP contribution in [0.2, 0.25) is 0 Å². The van der Waals surface area contributed by atoms with Crippen LogP contribution in [0.5, 0.6) is 5.75 Å². The number of hydrogen-bond acceptors (Lipinski definition) is 4. The summed E-state index contributed by atoms with van der Waals surface area (Å²) in [6, 6.07) is 4.37. The Morgan fingerprint density at radius 2 is 2.25 bits per heavy atom. The van der Waals surface area contributed by atoms with Gasteiger partial charge in [0.25, 0.3) is 0 Å². The molecule has 0 radical (unpaired) electrons. The van der Waals surface area contributed by atoms with Crippen LogP contribution in [0.1, 0.15) is 17.3 Å². The van der Waals surface area contributed by atoms with Gasteiger partial charge in [-0.25, -0.2) is 4.79 Å². The lowest BCUT2D eigenvalue weighted by Gasteiger charge is -2.15. The summed E-state index contributed by atoms with van der Waals surface area (Å²) in [6.45, 7) is 2.29. The summed E-state index contributed by atoms with van der Waals surface area (Å²) in [7, 11) is 1.58. The predicted molar refractivity (Wildman–Crippen MR) is 59.8 cm³/mol. The molecular formula is C11H15NO4. The van der Waals surface area contributed by atoms with Gasteiger partial charge in [-0.2, -0.15) is 0 Å². The molecule has 1 aromatic carbocycles. The quantitative estimate of drug-likeness (QED) is 0.740. The van der Waals surface area contributed by atoms with E-state index in [0.717, 1.165) is 0 Å². The van der Waals surface area contributed by atoms with E-state index in [1.165, 1.54) is 12.1 Å². The van der Waals surface area contributed by atoms with Crippen molar-refractivity contribution < 1.29 is 19.4 Å². The maximum Gasteiger partial charge on any atom is 0.335 e. The minimum absolute atomic E-state index is 0.136. The minimum atomic E-state index is -1.01. The number of ether oxygens (including phenoxy) is 2. The van der Waals surface area contributed by atoms with Gasteiger partial charge in [0.1, 0.15) is 11.9 Å². The molecule has 16 heavy (non-hydrogen) atoms. The number of nitrogens with two attached hydrogens (primary N) is 1. The molecule has 0 fully saturated rings. The Morgan fingerprint density at radius 1 is 1.56 bits per heavy atom. The SMILES string of the molecule is COCC(C)Oc1ccc(C(=O)O)cc1N. The number of nitrogen functional groups attached to an aromatic ring is 1. The molecule has 5 nitrogen and oxygen atoms in total. The lowest BCUT2D eigenvalue weighted by atomic mass is 10.2. The van der Waals surface area contributed by atoms with E-state index in [4.69, 9.17) is 20.3 Å². The number of carbonyl (C=O) groups is 1. The molecule has 0 amide bonds. The third kappa shape index (κ3) is 3.13. The Balaban J connectivity index is 2.79. The highest BCUT2D eigenvalue weighted by molar-refractivity contribution is 5.89. The first-order chi connectivity index (χ1) is 7.54. The van der Waals surface area contributed by atoms with Crippen molar-refractivity contribution in [2.24, 2.45) is 0 Å². The molecule has 0 aliphatic heterocycles. The van der Waals surface area contributed by atoms with Gasteiger partial charge in [0, 0.05) is 7.11 Å². The van der Waals surface area contributed by atoms with Crippen LogP contribution in [0.4, 0.5) is 5.69 Å². The zero-order valence-corrected chi connectivity index (χ0v) is 9.27. The molecule has 0 saturated carbocycles. The Labute approximate surface area is 93.8 Å². The molecule has 0 heterocycles. The summed E-state index contributed by atoms with van der Waals surface area (Å²) in [5, 5.41) is 8.75. The Bertz CT molecular complexity index is 378. The highest BCUT2D eigenvalue weighted by atomic mass is 16.5. The fourth-order valence-corrected chi connectivity index (χ4v) is 1.27. The molecule has 1 atom stereocenters. The summed E-state index contributed by atoms with van der Waals surface area (Å²) in [5.41, 5.74) is 6.13. The van der Waals surface area contributed by atoms with Gasteiger partial charge >= 0.3 is 5.97 Å². The van der Waals surface area contributed by atoms with Crippen molar-refractivity contribution in [1.82, 2.24) is 0 Å². The van der Waals surface area contributed by atoms with E-state index in [-0.39, 0.29) is 11.7 Å². The first kappa shape index (κ1) is 12.3. The molecule has 0 aromatic heterocycles. The zero-order valence-electron chi connectivity index (χ0n) is 9.27. The summed E-state index contributed by atoms with van der Waals surface area (Å²) in [4.78, 5) is 10.7. The van der Waals surface area contributed by atoms with Crippen molar-refractivity contribution >= 4 is 11.7 Å². The van der Waals surface area contributed by atoms with E-state index in [1.54, 1.807) is 13.2 Å². The van der Waals surface area contributed by atoms with Gasteiger partial charge in [-0.3, -0.25) is 0 Å². The normalized spacial score (nSPS) is 12.1. The van der Waals surface area contributed by atoms with Gasteiger partial charge in [0.05, 0.1) is 17.9 Å². The van der Waals surface area contributed by atoms with Gasteiger partial charge in [0.15, 0.2) is 0 Å². The van der Waals surface area contributed by atoms with E-state index in [1.807, 2.05) is 6.92 Å². The molecule has 88 valence electrons. The first-order valence-electron chi connectivity index (χ1n) is 4.83. The lowest BCUT2D eigenvalue weighted by Crippen LogP contribution is -2.18. The fourth-order valence-electron chi connectivity index (χ4n) is 1.27. The van der Waals surface area contributed by atoms with E-state index in [9.17, 15) is 4.79 Å². The Kier molecular flexibility index (Phi) is 4.13. The molecule has 3 N–H and O–H groups in total. The molecule has 0 saturated heterocycles. The fraction of sp³-hybridized carbons (Fsp3) is 0.364. The van der Waals surface area contributed by atoms with Crippen LogP contribution >= 0.6 is 0 Å². The van der Waals surface area contributed by atoms with Crippen molar-refractivity contribution in [3.05, 3.63) is 23.8 Å². The topological polar surface area (TPSA) is 81.8 Å². The number of carboxylic acid groups (broad SMARTS) is 1. The van der Waals surface area contributed by atoms with Gasteiger partial charge < -0.3 is 20.3 Å². The van der Waals surface area contributed by atoms with Crippen LogP contribution in [0.3, 0.4) is 0 Å². The molecule has 0 bridgehead atoms. The molecule has 1 aromatic rings. The van der Waals surface area contributed by atoms with Gasteiger partial charge in [-0.1, -0.05) is 0 Å². The maximum atomic E-state index is 10.7. The summed E-state index contributed by atoms with van der Waals surface area (Å²) < 4.78 is 10.4. The average Bonchev–Trinajstić information content (AvgIpc) is 2.21. The van der Waals surface area contributed by atoms with Gasteiger partial charge in [0.2, 0.25) is 0 Å². The number of rotatable bonds is 5. The van der Waals surface area contributed by atoms with Crippen molar-refractivity contribution in [3.63, 3.8) is 0 Å². The average molecular weight is 225 g/mol. The smallest absolute Gasteiger partial charge is 0.335 e. The number of carboxylic acids is 1. The number of hydrogen-bond donors (Lipinski definition) is 2. The predicted octanol–water partition coefficient (Wildman–Crippen LogP) is 1.38. The van der Waals surface area contributed by atoms with Crippen LogP contribution < -0.4 is 10.5 Å². The third-order valence-corrected chi connectivity index (χ3v) is 1.99. The van der Waals surface area contributed by atoms with Crippen LogP contribution in [0.25, 0.3) is 0 Å². The number of aromatic carboxylic acids is 1. The van der Waals surface area contributed by atoms with Gasteiger partial charge in [-0.15, -0.1) is 0 Å². The molecule has 5 heteroatoms. The van der Waals surface area contributed by atoms with Crippen LogP contribution in [0.15, 0.2) is 18.2 Å². The standard InChI is InChI=1S/C11H15NO4/c1-7(6-15-2)16-10-4-3-8(11(13)14)5-9(10)12/h3-5,7H,6,12H2,1-2H3,(H,13,14). The van der Waals surface area contributed by atoms with E-state index >= 15 is 0 Å². The lowest BCUT2D eigenvalue weighted by molar-refractivity contribution is 0.0696. The minimum Gasteiger partial charge on any atom is -0.486 e. The summed E-state index contributed by atoms with van der Waals surface area (Å²) in [5.74, 6) is -0.544. The maximum absolute atomic E-state index is 10.7. The van der Waals surface area contributed by atoms with E-state index < -0.39 is 5.97 Å². The second kappa shape index (κ2) is 5.37. The molecule has 1 unspecified atom stereocenters. The van der Waals surface area contributed by atoms with Crippen molar-refractivity contribution in [2.45, 2.75) is 13.0 Å². The molecule has 1 rings (SSSR count). The largest absolute Gasteiger partial charge is 0.486 e. The van der Waals surface area contributed by atoms with Crippen molar-refractivity contribution in [2.75, 3.05) is 19.5 Å². The third-order valence-electron chi connectivity index (χ3n) is 1.99. The van der Waals surface area contributed by atoms with Crippen LogP contribution in [-0.2, 0) is 4.74 Å². The highest BCUT2D eigenvalue weighted by Crippen LogP contribution is 2.23. The number of benzene rings is 1. The van der Waals surface area contributed by atoms with Crippen molar-refractivity contribution in [3.8, 4) is 5.75 Å². The van der Waals surface area contributed by atoms with E-state index in [2.05, 4.69) is 0 Å². The van der Waals surface area contributed by atoms with Crippen molar-refractivity contribution in [1.29, 1.82) is 0 Å². The number of methoxy groups -OCH3 is 1. The monoisotopic (exact) mass is 225 g/mol. The van der Waals surface area contributed by atoms with Crippen LogP contribution in [0, 0.1) is 0 Å². The number of anilines is 1. The Hall–Kier alpha value is -1.75. The highest BCUT2D eigenvalue weighted by Gasteiger charge is 2.09. The second-order valence-corrected chi connectivity index (χ2v) is 3.44. The molecule has 0 aliphatic rings. The van der Waals surface area contributed by atoms with Gasteiger partial charge in [-0.05, 0) is 25.1 Å². The molecular weight excluding hydrogens is 210 g/mol. The molecule has 0 spiro atoms. The van der Waals surface area contributed by atoms with E-state index in [0.29, 0.717) is 18.0 Å². The second-order valence-electron chi connectivity index (χ2n) is 3.44. The summed E-state index contributed by atoms with van der Waals surface area (Å²) >= 11 is 0. The zero-order chi connectivity index (χ0) is 12.1.